The second kappa shape index (κ2) is 6.86. The van der Waals surface area contributed by atoms with E-state index in [9.17, 15) is 4.79 Å². The molecule has 0 aromatic rings. The van der Waals surface area contributed by atoms with Crippen LogP contribution in [0, 0.1) is 0 Å². The maximum absolute atomic E-state index is 11.0. The van der Waals surface area contributed by atoms with Crippen LogP contribution in [0.2, 0.25) is 0 Å². The molecule has 0 rings (SSSR count). The van der Waals surface area contributed by atoms with Gasteiger partial charge < -0.3 is 16.8 Å². The third-order valence-electron chi connectivity index (χ3n) is 2.09. The number of rotatable bonds is 6. The van der Waals surface area contributed by atoms with Crippen molar-refractivity contribution >= 4 is 5.91 Å². The molecule has 5 N–H and O–H groups in total. The monoisotopic (exact) mass is 187 g/mol. The molecule has 0 aromatic carbocycles. The van der Waals surface area contributed by atoms with E-state index in [1.54, 1.807) is 0 Å². The van der Waals surface area contributed by atoms with Crippen LogP contribution in [0.1, 0.15) is 33.1 Å². The molecule has 0 bridgehead atoms. The predicted molar refractivity (Wildman–Crippen MR) is 54.2 cm³/mol. The normalized spacial score (nSPS) is 15.1. The molecule has 0 saturated heterocycles. The molecule has 1 amide bonds. The summed E-state index contributed by atoms with van der Waals surface area (Å²) in [5.41, 5.74) is 11.2. The number of carbonyl (C=O) groups is 1. The van der Waals surface area contributed by atoms with E-state index in [2.05, 4.69) is 5.32 Å². The Balaban J connectivity index is 3.68. The zero-order valence-corrected chi connectivity index (χ0v) is 8.55. The third kappa shape index (κ3) is 5.60. The van der Waals surface area contributed by atoms with Crippen molar-refractivity contribution in [2.24, 2.45) is 11.5 Å². The van der Waals surface area contributed by atoms with E-state index in [0.29, 0.717) is 13.0 Å². The van der Waals surface area contributed by atoms with Gasteiger partial charge in [-0.2, -0.15) is 0 Å². The molecule has 0 aliphatic heterocycles. The van der Waals surface area contributed by atoms with E-state index in [1.807, 2.05) is 13.8 Å². The Labute approximate surface area is 80.0 Å². The molecule has 0 aromatic heterocycles. The van der Waals surface area contributed by atoms with Crippen molar-refractivity contribution in [2.75, 3.05) is 6.54 Å². The average molecular weight is 187 g/mol. The number of carbonyl (C=O) groups excluding carboxylic acids is 1. The predicted octanol–water partition coefficient (Wildman–Crippen LogP) is -0.0327. The Morgan fingerprint density at radius 3 is 2.62 bits per heavy atom. The molecule has 4 heteroatoms. The van der Waals surface area contributed by atoms with Gasteiger partial charge >= 0.3 is 0 Å². The Kier molecular flexibility index (Phi) is 6.54. The van der Waals surface area contributed by atoms with Crippen molar-refractivity contribution in [3.05, 3.63) is 0 Å². The fourth-order valence-electron chi connectivity index (χ4n) is 1.07. The van der Waals surface area contributed by atoms with E-state index in [-0.39, 0.29) is 18.0 Å². The van der Waals surface area contributed by atoms with Crippen LogP contribution in [-0.4, -0.2) is 24.5 Å². The lowest BCUT2D eigenvalue weighted by atomic mass is 10.1. The first-order valence-corrected chi connectivity index (χ1v) is 4.86. The summed E-state index contributed by atoms with van der Waals surface area (Å²) in [7, 11) is 0. The van der Waals surface area contributed by atoms with Crippen LogP contribution in [0.4, 0.5) is 0 Å². The van der Waals surface area contributed by atoms with Gasteiger partial charge in [0.1, 0.15) is 0 Å². The lowest BCUT2D eigenvalue weighted by Gasteiger charge is -2.20. The topological polar surface area (TPSA) is 81.1 Å². The summed E-state index contributed by atoms with van der Waals surface area (Å²) in [5.74, 6) is 0.0516. The zero-order chi connectivity index (χ0) is 10.3. The molecule has 4 nitrogen and oxygen atoms in total. The van der Waals surface area contributed by atoms with Crippen LogP contribution in [0.25, 0.3) is 0 Å². The van der Waals surface area contributed by atoms with Gasteiger partial charge in [0.05, 0.1) is 0 Å². The van der Waals surface area contributed by atoms with Crippen molar-refractivity contribution in [1.82, 2.24) is 5.32 Å². The van der Waals surface area contributed by atoms with Crippen molar-refractivity contribution < 1.29 is 4.79 Å². The Hall–Kier alpha value is -0.610. The summed E-state index contributed by atoms with van der Waals surface area (Å²) in [5, 5.41) is 2.83. The lowest BCUT2D eigenvalue weighted by molar-refractivity contribution is -0.121. The molecule has 2 atom stereocenters. The van der Waals surface area contributed by atoms with Gasteiger partial charge in [-0.1, -0.05) is 6.92 Å². The van der Waals surface area contributed by atoms with Crippen LogP contribution >= 0.6 is 0 Å². The molecule has 0 aliphatic carbocycles. The molecule has 0 fully saturated rings. The van der Waals surface area contributed by atoms with E-state index in [0.717, 1.165) is 12.8 Å². The third-order valence-corrected chi connectivity index (χ3v) is 2.09. The van der Waals surface area contributed by atoms with Crippen LogP contribution in [0.3, 0.4) is 0 Å². The number of nitrogens with one attached hydrogen (secondary N) is 1. The second-order valence-corrected chi connectivity index (χ2v) is 3.30. The Morgan fingerprint density at radius 1 is 1.54 bits per heavy atom. The molecule has 0 aliphatic rings. The summed E-state index contributed by atoms with van der Waals surface area (Å²) >= 11 is 0. The molecular formula is C9H21N3O. The standard InChI is InChI=1S/C9H21N3O/c1-3-9(13)12-7(2)8(11)5-4-6-10/h7-8H,3-6,10-11H2,1-2H3,(H,12,13)/t7?,8-/m0/s1. The highest BCUT2D eigenvalue weighted by molar-refractivity contribution is 5.75. The van der Waals surface area contributed by atoms with Crippen LogP contribution < -0.4 is 16.8 Å². The van der Waals surface area contributed by atoms with Gasteiger partial charge in [0.2, 0.25) is 5.91 Å². The first-order chi connectivity index (χ1) is 6.11. The van der Waals surface area contributed by atoms with E-state index in [1.165, 1.54) is 0 Å². The second-order valence-electron chi connectivity index (χ2n) is 3.30. The molecular weight excluding hydrogens is 166 g/mol. The number of hydrogen-bond acceptors (Lipinski definition) is 3. The molecule has 78 valence electrons. The largest absolute Gasteiger partial charge is 0.352 e. The minimum Gasteiger partial charge on any atom is -0.352 e. The van der Waals surface area contributed by atoms with Gasteiger partial charge in [-0.05, 0) is 26.3 Å². The fraction of sp³-hybridized carbons (Fsp3) is 0.889. The molecule has 0 heterocycles. The number of amides is 1. The lowest BCUT2D eigenvalue weighted by Crippen LogP contribution is -2.45. The maximum Gasteiger partial charge on any atom is 0.219 e. The maximum atomic E-state index is 11.0. The quantitative estimate of drug-likeness (QED) is 0.546. The first kappa shape index (κ1) is 12.4. The van der Waals surface area contributed by atoms with Crippen molar-refractivity contribution in [3.63, 3.8) is 0 Å². The number of hydrogen-bond donors (Lipinski definition) is 3. The fourth-order valence-corrected chi connectivity index (χ4v) is 1.07. The average Bonchev–Trinajstić information content (AvgIpc) is 2.13. The molecule has 1 unspecified atom stereocenters. The van der Waals surface area contributed by atoms with Gasteiger partial charge in [-0.3, -0.25) is 4.79 Å². The smallest absolute Gasteiger partial charge is 0.219 e. The first-order valence-electron chi connectivity index (χ1n) is 4.86. The molecule has 0 radical (unpaired) electrons. The molecule has 0 spiro atoms. The summed E-state index contributed by atoms with van der Waals surface area (Å²) in [6.45, 7) is 4.41. The minimum absolute atomic E-state index is 0.0130. The minimum atomic E-state index is 0.0130. The summed E-state index contributed by atoms with van der Waals surface area (Å²) in [6.07, 6.45) is 2.28. The van der Waals surface area contributed by atoms with Crippen LogP contribution in [0.15, 0.2) is 0 Å². The van der Waals surface area contributed by atoms with Gasteiger partial charge in [0.25, 0.3) is 0 Å². The zero-order valence-electron chi connectivity index (χ0n) is 8.55. The summed E-state index contributed by atoms with van der Waals surface area (Å²) in [4.78, 5) is 11.0. The van der Waals surface area contributed by atoms with E-state index >= 15 is 0 Å². The number of nitrogens with two attached hydrogens (primary N) is 2. The Bertz CT molecular complexity index is 150. The van der Waals surface area contributed by atoms with Gasteiger partial charge in [-0.25, -0.2) is 0 Å². The van der Waals surface area contributed by atoms with Crippen LogP contribution in [-0.2, 0) is 4.79 Å². The Morgan fingerprint density at radius 2 is 2.15 bits per heavy atom. The van der Waals surface area contributed by atoms with Gasteiger partial charge in [0, 0.05) is 18.5 Å². The van der Waals surface area contributed by atoms with E-state index < -0.39 is 0 Å². The summed E-state index contributed by atoms with van der Waals surface area (Å²) < 4.78 is 0. The van der Waals surface area contributed by atoms with Gasteiger partial charge in [0.15, 0.2) is 0 Å². The van der Waals surface area contributed by atoms with Gasteiger partial charge in [-0.15, -0.1) is 0 Å². The molecule has 0 saturated carbocycles. The van der Waals surface area contributed by atoms with Crippen molar-refractivity contribution in [2.45, 2.75) is 45.2 Å². The SMILES string of the molecule is CCC(=O)NC(C)[C@@H](N)CCCN. The highest BCUT2D eigenvalue weighted by Gasteiger charge is 2.13. The van der Waals surface area contributed by atoms with Crippen LogP contribution in [0.5, 0.6) is 0 Å². The van der Waals surface area contributed by atoms with Crippen molar-refractivity contribution in [3.8, 4) is 0 Å². The van der Waals surface area contributed by atoms with E-state index in [4.69, 9.17) is 11.5 Å². The van der Waals surface area contributed by atoms with Crippen molar-refractivity contribution in [1.29, 1.82) is 0 Å². The highest BCUT2D eigenvalue weighted by Crippen LogP contribution is 1.98. The summed E-state index contributed by atoms with van der Waals surface area (Å²) in [6, 6.07) is 0.0537. The highest BCUT2D eigenvalue weighted by atomic mass is 16.1. The molecule has 13 heavy (non-hydrogen) atoms.